The molecule has 1 N–H and O–H groups in total. The van der Waals surface area contributed by atoms with E-state index in [1.54, 1.807) is 42.5 Å². The first-order chi connectivity index (χ1) is 16.9. The molecule has 0 bridgehead atoms. The predicted octanol–water partition coefficient (Wildman–Crippen LogP) is 3.94. The number of sulfone groups is 1. The van der Waals surface area contributed by atoms with E-state index >= 15 is 4.39 Å². The second kappa shape index (κ2) is 10.0. The molecular weight excluding hydrogens is 527 g/mol. The molecule has 3 aromatic rings. The van der Waals surface area contributed by atoms with Gasteiger partial charge in [-0.15, -0.1) is 0 Å². The maximum Gasteiger partial charge on any atom is 0.275 e. The van der Waals surface area contributed by atoms with Gasteiger partial charge in [0.2, 0.25) is 10.0 Å². The molecule has 0 saturated carbocycles. The summed E-state index contributed by atoms with van der Waals surface area (Å²) in [6.07, 6.45) is 2.68. The van der Waals surface area contributed by atoms with Gasteiger partial charge in [0.25, 0.3) is 5.91 Å². The molecule has 188 valence electrons. The quantitative estimate of drug-likeness (QED) is 0.459. The van der Waals surface area contributed by atoms with Gasteiger partial charge in [-0.2, -0.15) is 0 Å². The van der Waals surface area contributed by atoms with E-state index in [0.717, 1.165) is 22.8 Å². The minimum absolute atomic E-state index is 0.0237. The lowest BCUT2D eigenvalue weighted by Gasteiger charge is -2.19. The summed E-state index contributed by atoms with van der Waals surface area (Å²) in [5.41, 5.74) is 1.24. The van der Waals surface area contributed by atoms with Crippen LogP contribution in [0.3, 0.4) is 0 Å². The van der Waals surface area contributed by atoms with Crippen molar-refractivity contribution in [1.29, 1.82) is 0 Å². The predicted molar refractivity (Wildman–Crippen MR) is 137 cm³/mol. The number of carbonyl (C=O) groups excluding carboxylic acids is 1. The van der Waals surface area contributed by atoms with E-state index in [1.165, 1.54) is 24.3 Å². The zero-order chi connectivity index (χ0) is 26.1. The summed E-state index contributed by atoms with van der Waals surface area (Å²) in [5.74, 6) is -1.68. The summed E-state index contributed by atoms with van der Waals surface area (Å²) in [6.45, 7) is -0.0237. The number of nitrogens with zero attached hydrogens (tertiary/aromatic N) is 1. The number of carbonyl (C=O) groups is 1. The van der Waals surface area contributed by atoms with Crippen LogP contribution in [0.5, 0.6) is 0 Å². The molecule has 0 atom stereocenters. The molecule has 7 nitrogen and oxygen atoms in total. The summed E-state index contributed by atoms with van der Waals surface area (Å²) in [4.78, 5) is 14.0. The van der Waals surface area contributed by atoms with E-state index in [0.29, 0.717) is 16.1 Å². The summed E-state index contributed by atoms with van der Waals surface area (Å²) in [6, 6.07) is 17.1. The van der Waals surface area contributed by atoms with Crippen LogP contribution in [-0.4, -0.2) is 41.3 Å². The normalized spacial score (nSPS) is 14.1. The first-order valence-electron chi connectivity index (χ1n) is 10.8. The van der Waals surface area contributed by atoms with Gasteiger partial charge in [-0.05, 0) is 54.0 Å². The molecule has 11 heteroatoms. The number of sulfonamides is 1. The van der Waals surface area contributed by atoms with Crippen molar-refractivity contribution in [1.82, 2.24) is 4.72 Å². The highest BCUT2D eigenvalue weighted by molar-refractivity contribution is 7.90. The molecule has 3 aromatic carbocycles. The van der Waals surface area contributed by atoms with Crippen molar-refractivity contribution in [2.45, 2.75) is 11.3 Å². The Morgan fingerprint density at radius 1 is 1.00 bits per heavy atom. The van der Waals surface area contributed by atoms with Crippen LogP contribution >= 0.6 is 11.6 Å². The van der Waals surface area contributed by atoms with Crippen molar-refractivity contribution in [3.05, 3.63) is 94.9 Å². The van der Waals surface area contributed by atoms with Crippen molar-refractivity contribution in [3.63, 3.8) is 0 Å². The second-order valence-corrected chi connectivity index (χ2v) is 12.5. The number of hydrogen-bond acceptors (Lipinski definition) is 5. The van der Waals surface area contributed by atoms with Crippen LogP contribution in [0.25, 0.3) is 11.1 Å². The van der Waals surface area contributed by atoms with Gasteiger partial charge >= 0.3 is 0 Å². The van der Waals surface area contributed by atoms with Gasteiger partial charge in [-0.25, -0.2) is 21.2 Å². The van der Waals surface area contributed by atoms with E-state index in [4.69, 9.17) is 11.6 Å². The van der Waals surface area contributed by atoms with Crippen LogP contribution in [0.4, 0.5) is 10.1 Å². The standard InChI is InChI=1S/C25H22ClFN2O5S2/c1-35(31,32)24-5-3-2-4-20(24)18-8-11-23(21(27)16-18)29-14-12-22(25(29)30)28-36(33,34)15-13-17-6-9-19(26)10-7-17/h2-12,16,28H,13-15H2,1H3. The number of benzene rings is 3. The molecule has 0 aliphatic carbocycles. The van der Waals surface area contributed by atoms with Crippen molar-refractivity contribution in [3.8, 4) is 11.1 Å². The molecule has 1 aliphatic rings. The smallest absolute Gasteiger partial charge is 0.275 e. The highest BCUT2D eigenvalue weighted by atomic mass is 35.5. The van der Waals surface area contributed by atoms with E-state index in [2.05, 4.69) is 4.72 Å². The zero-order valence-electron chi connectivity index (χ0n) is 19.1. The lowest BCUT2D eigenvalue weighted by molar-refractivity contribution is -0.114. The average Bonchev–Trinajstić information content (AvgIpc) is 3.17. The first kappa shape index (κ1) is 25.9. The molecule has 36 heavy (non-hydrogen) atoms. The Morgan fingerprint density at radius 3 is 2.36 bits per heavy atom. The van der Waals surface area contributed by atoms with Gasteiger partial charge in [0.15, 0.2) is 9.84 Å². The molecule has 0 saturated heterocycles. The maximum absolute atomic E-state index is 15.1. The van der Waals surface area contributed by atoms with Crippen LogP contribution < -0.4 is 9.62 Å². The van der Waals surface area contributed by atoms with Crippen molar-refractivity contribution < 1.29 is 26.0 Å². The van der Waals surface area contributed by atoms with Crippen molar-refractivity contribution >= 4 is 43.1 Å². The third-order valence-corrected chi connectivity index (χ3v) is 8.31. The van der Waals surface area contributed by atoms with Crippen LogP contribution in [0.1, 0.15) is 5.56 Å². The largest absolute Gasteiger partial charge is 0.300 e. The molecule has 1 aliphatic heterocycles. The van der Waals surface area contributed by atoms with Gasteiger partial charge in [0.1, 0.15) is 11.5 Å². The Balaban J connectivity index is 1.48. The van der Waals surface area contributed by atoms with Gasteiger partial charge in [-0.1, -0.05) is 48.0 Å². The lowest BCUT2D eigenvalue weighted by Crippen LogP contribution is -2.34. The van der Waals surface area contributed by atoms with E-state index in [-0.39, 0.29) is 35.0 Å². The van der Waals surface area contributed by atoms with Gasteiger partial charge in [0.05, 0.1) is 16.3 Å². The molecule has 0 spiro atoms. The number of amides is 1. The number of anilines is 1. The van der Waals surface area contributed by atoms with E-state index < -0.39 is 31.6 Å². The van der Waals surface area contributed by atoms with E-state index in [1.807, 2.05) is 0 Å². The van der Waals surface area contributed by atoms with Crippen molar-refractivity contribution in [2.75, 3.05) is 23.5 Å². The molecule has 0 radical (unpaired) electrons. The highest BCUT2D eigenvalue weighted by Gasteiger charge is 2.30. The third-order valence-electron chi connectivity index (χ3n) is 5.63. The zero-order valence-corrected chi connectivity index (χ0v) is 21.5. The fourth-order valence-electron chi connectivity index (χ4n) is 3.83. The highest BCUT2D eigenvalue weighted by Crippen LogP contribution is 2.32. The maximum atomic E-state index is 15.1. The Kier molecular flexibility index (Phi) is 7.21. The van der Waals surface area contributed by atoms with Crippen LogP contribution in [-0.2, 0) is 31.1 Å². The van der Waals surface area contributed by atoms with Gasteiger partial charge < -0.3 is 4.90 Å². The topological polar surface area (TPSA) is 101 Å². The first-order valence-corrected chi connectivity index (χ1v) is 14.7. The Morgan fingerprint density at radius 2 is 1.69 bits per heavy atom. The molecule has 1 heterocycles. The summed E-state index contributed by atoms with van der Waals surface area (Å²) < 4.78 is 66.6. The fraction of sp³-hybridized carbons (Fsp3) is 0.160. The minimum Gasteiger partial charge on any atom is -0.300 e. The van der Waals surface area contributed by atoms with Gasteiger partial charge in [-0.3, -0.25) is 9.52 Å². The number of rotatable bonds is 8. The van der Waals surface area contributed by atoms with E-state index in [9.17, 15) is 21.6 Å². The summed E-state index contributed by atoms with van der Waals surface area (Å²) in [7, 11) is -7.38. The Labute approximate surface area is 214 Å². The number of nitrogens with one attached hydrogen (secondary N) is 1. The third kappa shape index (κ3) is 5.77. The average molecular weight is 549 g/mol. The molecule has 1 amide bonds. The fourth-order valence-corrected chi connectivity index (χ4v) is 5.98. The monoisotopic (exact) mass is 548 g/mol. The Bertz CT molecular complexity index is 1570. The van der Waals surface area contributed by atoms with Crippen LogP contribution in [0.15, 0.2) is 83.4 Å². The summed E-state index contributed by atoms with van der Waals surface area (Å²) in [5, 5.41) is 0.543. The molecule has 0 aromatic heterocycles. The number of aryl methyl sites for hydroxylation is 1. The SMILES string of the molecule is CS(=O)(=O)c1ccccc1-c1ccc(N2CC=C(NS(=O)(=O)CCc3ccc(Cl)cc3)C2=O)c(F)c1. The second-order valence-electron chi connectivity index (χ2n) is 8.27. The number of hydrogen-bond donors (Lipinski definition) is 1. The molecule has 4 rings (SSSR count). The minimum atomic E-state index is -3.83. The Hall–Kier alpha value is -3.21. The lowest BCUT2D eigenvalue weighted by atomic mass is 10.0. The summed E-state index contributed by atoms with van der Waals surface area (Å²) >= 11 is 5.84. The van der Waals surface area contributed by atoms with Crippen molar-refractivity contribution in [2.24, 2.45) is 0 Å². The molecule has 0 unspecified atom stereocenters. The van der Waals surface area contributed by atoms with Crippen LogP contribution in [0, 0.1) is 5.82 Å². The molecule has 0 fully saturated rings. The number of halogens is 2. The molecular formula is C25H22ClFN2O5S2. The van der Waals surface area contributed by atoms with Gasteiger partial charge in [0, 0.05) is 23.4 Å². The van der Waals surface area contributed by atoms with Crippen LogP contribution in [0.2, 0.25) is 5.02 Å².